The summed E-state index contributed by atoms with van der Waals surface area (Å²) in [6.45, 7) is 3.62. The van der Waals surface area contributed by atoms with Gasteiger partial charge in [0, 0.05) is 6.42 Å². The number of carbonyl (C=O) groups is 3. The van der Waals surface area contributed by atoms with Crippen LogP contribution < -0.4 is 0 Å². The lowest BCUT2D eigenvalue weighted by atomic mass is 10.1. The van der Waals surface area contributed by atoms with Crippen molar-refractivity contribution in [3.05, 3.63) is 0 Å². The first-order valence-corrected chi connectivity index (χ1v) is 9.61. The van der Waals surface area contributed by atoms with Crippen molar-refractivity contribution in [3.8, 4) is 0 Å². The summed E-state index contributed by atoms with van der Waals surface area (Å²) in [5, 5.41) is 40.2. The predicted octanol–water partition coefficient (Wildman–Crippen LogP) is 3.29. The van der Waals surface area contributed by atoms with E-state index in [2.05, 4.69) is 6.92 Å². The Bertz CT molecular complexity index is 342. The smallest absolute Gasteiger partial charge is 0.303 e. The maximum absolute atomic E-state index is 10.2. The number of rotatable bonds is 14. The van der Waals surface area contributed by atoms with E-state index in [1.54, 1.807) is 0 Å². The van der Waals surface area contributed by atoms with E-state index in [0.717, 1.165) is 12.8 Å². The number of aliphatic carboxylic acids is 3. The van der Waals surface area contributed by atoms with Crippen molar-refractivity contribution in [2.24, 2.45) is 0 Å². The number of hydrogen-bond acceptors (Lipinski definition) is 5. The van der Waals surface area contributed by atoms with Gasteiger partial charge in [-0.3, -0.25) is 14.4 Å². The average Bonchev–Trinajstić information content (AvgIpc) is 2.59. The largest absolute Gasteiger partial charge is 0.481 e. The molecule has 1 unspecified atom stereocenters. The molecule has 8 nitrogen and oxygen atoms in total. The highest BCUT2D eigenvalue weighted by Crippen LogP contribution is 2.10. The minimum Gasteiger partial charge on any atom is -0.481 e. The molecule has 0 bridgehead atoms. The highest BCUT2D eigenvalue weighted by molar-refractivity contribution is 5.75. The predicted molar refractivity (Wildman–Crippen MR) is 103 cm³/mol. The Hall–Kier alpha value is -1.67. The molecular formula is C19H38O8. The van der Waals surface area contributed by atoms with Crippen LogP contribution in [0.5, 0.6) is 0 Å². The molecule has 0 rings (SSSR count). The number of aliphatic hydroxyl groups excluding tert-OH is 2. The Morgan fingerprint density at radius 3 is 1.22 bits per heavy atom. The summed E-state index contributed by atoms with van der Waals surface area (Å²) in [6.07, 6.45) is 10.3. The van der Waals surface area contributed by atoms with Crippen LogP contribution >= 0.6 is 0 Å². The third-order valence-electron chi connectivity index (χ3n) is 3.31. The molecule has 0 saturated carbocycles. The molecule has 0 aromatic heterocycles. The second-order valence-corrected chi connectivity index (χ2v) is 6.29. The van der Waals surface area contributed by atoms with Crippen LogP contribution in [0.1, 0.15) is 90.9 Å². The molecule has 27 heavy (non-hydrogen) atoms. The van der Waals surface area contributed by atoms with E-state index in [1.807, 2.05) is 0 Å². The molecule has 0 aromatic rings. The van der Waals surface area contributed by atoms with Crippen molar-refractivity contribution in [3.63, 3.8) is 0 Å². The SMILES string of the molecule is CC(O)CO.CCCCCCCCCCCC(=O)O.O=C(O)CCC(=O)O. The lowest BCUT2D eigenvalue weighted by Gasteiger charge is -2.00. The lowest BCUT2D eigenvalue weighted by Crippen LogP contribution is -2.03. The van der Waals surface area contributed by atoms with Gasteiger partial charge in [-0.05, 0) is 13.3 Å². The molecule has 8 heteroatoms. The topological polar surface area (TPSA) is 152 Å². The van der Waals surface area contributed by atoms with Crippen LogP contribution in [0.3, 0.4) is 0 Å². The van der Waals surface area contributed by atoms with Gasteiger partial charge >= 0.3 is 17.9 Å². The van der Waals surface area contributed by atoms with Crippen molar-refractivity contribution in [1.82, 2.24) is 0 Å². The number of aliphatic hydroxyl groups is 2. The van der Waals surface area contributed by atoms with Gasteiger partial charge in [0.25, 0.3) is 0 Å². The fourth-order valence-electron chi connectivity index (χ4n) is 1.80. The maximum Gasteiger partial charge on any atom is 0.303 e. The van der Waals surface area contributed by atoms with Gasteiger partial charge in [-0.25, -0.2) is 0 Å². The van der Waals surface area contributed by atoms with Gasteiger partial charge in [-0.15, -0.1) is 0 Å². The summed E-state index contributed by atoms with van der Waals surface area (Å²) < 4.78 is 0. The quantitative estimate of drug-likeness (QED) is 0.281. The molecule has 0 aliphatic heterocycles. The van der Waals surface area contributed by atoms with Gasteiger partial charge in [0.05, 0.1) is 25.6 Å². The van der Waals surface area contributed by atoms with Crippen molar-refractivity contribution < 1.29 is 39.9 Å². The summed E-state index contributed by atoms with van der Waals surface area (Å²) in [4.78, 5) is 29.5. The Labute approximate surface area is 162 Å². The van der Waals surface area contributed by atoms with Crippen molar-refractivity contribution in [2.75, 3.05) is 6.61 Å². The first kappa shape index (κ1) is 30.1. The number of unbranched alkanes of at least 4 members (excludes halogenated alkanes) is 8. The Balaban J connectivity index is -0.000000372. The molecule has 0 aliphatic carbocycles. The van der Waals surface area contributed by atoms with Crippen molar-refractivity contribution in [2.45, 2.75) is 97.0 Å². The van der Waals surface area contributed by atoms with Crippen LogP contribution in [0.15, 0.2) is 0 Å². The normalized spacial score (nSPS) is 10.7. The molecule has 0 spiro atoms. The molecule has 0 amide bonds. The summed E-state index contributed by atoms with van der Waals surface area (Å²) in [6, 6.07) is 0. The number of carboxylic acid groups (broad SMARTS) is 3. The second kappa shape index (κ2) is 24.3. The van der Waals surface area contributed by atoms with Crippen LogP contribution in [0.2, 0.25) is 0 Å². The molecule has 162 valence electrons. The molecule has 0 aromatic carbocycles. The highest BCUT2D eigenvalue weighted by Gasteiger charge is 2.00. The van der Waals surface area contributed by atoms with Gasteiger partial charge < -0.3 is 25.5 Å². The Kier molecular flexibility index (Phi) is 27.1. The summed E-state index contributed by atoms with van der Waals surface area (Å²) in [5.74, 6) is -2.81. The van der Waals surface area contributed by atoms with Crippen LogP contribution in [-0.4, -0.2) is 56.2 Å². The van der Waals surface area contributed by atoms with Gasteiger partial charge in [-0.2, -0.15) is 0 Å². The summed E-state index contributed by atoms with van der Waals surface area (Å²) >= 11 is 0. The molecule has 0 saturated heterocycles. The first-order chi connectivity index (χ1) is 12.7. The van der Waals surface area contributed by atoms with Crippen LogP contribution in [-0.2, 0) is 14.4 Å². The molecule has 0 aliphatic rings. The number of carboxylic acids is 3. The van der Waals surface area contributed by atoms with Gasteiger partial charge in [0.2, 0.25) is 0 Å². The molecule has 5 N–H and O–H groups in total. The monoisotopic (exact) mass is 394 g/mol. The van der Waals surface area contributed by atoms with E-state index in [1.165, 1.54) is 51.9 Å². The number of hydrogen-bond donors (Lipinski definition) is 5. The summed E-state index contributed by atoms with van der Waals surface area (Å²) in [5.41, 5.74) is 0. The van der Waals surface area contributed by atoms with Crippen LogP contribution in [0, 0.1) is 0 Å². The van der Waals surface area contributed by atoms with E-state index in [9.17, 15) is 14.4 Å². The Morgan fingerprint density at radius 1 is 0.667 bits per heavy atom. The van der Waals surface area contributed by atoms with Gasteiger partial charge in [0.1, 0.15) is 0 Å². The highest BCUT2D eigenvalue weighted by atomic mass is 16.4. The minimum absolute atomic E-state index is 0.139. The maximum atomic E-state index is 10.2. The zero-order chi connectivity index (χ0) is 21.5. The van der Waals surface area contributed by atoms with E-state index in [0.29, 0.717) is 6.42 Å². The van der Waals surface area contributed by atoms with Gasteiger partial charge in [-0.1, -0.05) is 58.3 Å². The van der Waals surface area contributed by atoms with Crippen molar-refractivity contribution in [1.29, 1.82) is 0 Å². The van der Waals surface area contributed by atoms with E-state index < -0.39 is 24.0 Å². The fourth-order valence-corrected chi connectivity index (χ4v) is 1.80. The van der Waals surface area contributed by atoms with Crippen LogP contribution in [0.4, 0.5) is 0 Å². The fraction of sp³-hybridized carbons (Fsp3) is 0.842. The zero-order valence-corrected chi connectivity index (χ0v) is 16.7. The van der Waals surface area contributed by atoms with Crippen molar-refractivity contribution >= 4 is 17.9 Å². The molecule has 0 heterocycles. The Morgan fingerprint density at radius 2 is 0.963 bits per heavy atom. The molecular weight excluding hydrogens is 356 g/mol. The standard InChI is InChI=1S/C12H24O2.C4H6O4.C3H8O2/c1-2-3-4-5-6-7-8-9-10-11-12(13)14;5-3(6)1-2-4(7)8;1-3(5)2-4/h2-11H2,1H3,(H,13,14);1-2H2,(H,5,6)(H,7,8);3-5H,2H2,1H3. The molecule has 0 fully saturated rings. The third kappa shape index (κ3) is 45.5. The van der Waals surface area contributed by atoms with Gasteiger partial charge in [0.15, 0.2) is 0 Å². The molecule has 0 radical (unpaired) electrons. The second-order valence-electron chi connectivity index (χ2n) is 6.29. The van der Waals surface area contributed by atoms with E-state index in [-0.39, 0.29) is 19.4 Å². The first-order valence-electron chi connectivity index (χ1n) is 9.61. The van der Waals surface area contributed by atoms with Crippen LogP contribution in [0.25, 0.3) is 0 Å². The summed E-state index contributed by atoms with van der Waals surface area (Å²) in [7, 11) is 0. The zero-order valence-electron chi connectivity index (χ0n) is 16.7. The molecule has 1 atom stereocenters. The average molecular weight is 395 g/mol. The van der Waals surface area contributed by atoms with E-state index >= 15 is 0 Å². The van der Waals surface area contributed by atoms with E-state index in [4.69, 9.17) is 25.5 Å². The minimum atomic E-state index is -1.08. The third-order valence-corrected chi connectivity index (χ3v) is 3.31. The lowest BCUT2D eigenvalue weighted by molar-refractivity contribution is -0.143.